The lowest BCUT2D eigenvalue weighted by molar-refractivity contribution is 0.0536. The highest BCUT2D eigenvalue weighted by molar-refractivity contribution is 5.80. The number of aryl methyl sites for hydroxylation is 1. The zero-order valence-corrected chi connectivity index (χ0v) is 16.7. The average molecular weight is 376 g/mol. The maximum absolute atomic E-state index is 10.4. The van der Waals surface area contributed by atoms with Gasteiger partial charge in [-0.2, -0.15) is 0 Å². The predicted octanol–water partition coefficient (Wildman–Crippen LogP) is 2.33. The molecule has 150 valence electrons. The molecule has 27 heavy (non-hydrogen) atoms. The normalized spacial score (nSPS) is 20.0. The van der Waals surface area contributed by atoms with Gasteiger partial charge in [0.1, 0.15) is 5.75 Å². The standard InChI is InChI=1S/C21H33N3O3/c1-22-21(24-10-9-16(14-24)15-27-12-11-26-2)23-13-19-18-6-4-3-5-17(18)7-8-20(19)25/h7-8,16,25H,3-6,9-15H2,1-2H3,(H,22,23). The zero-order chi connectivity index (χ0) is 19.1. The van der Waals surface area contributed by atoms with E-state index in [1.165, 1.54) is 24.0 Å². The van der Waals surface area contributed by atoms with Crippen LogP contribution in [-0.2, 0) is 28.9 Å². The topological polar surface area (TPSA) is 66.3 Å². The molecule has 0 saturated carbocycles. The molecule has 0 radical (unpaired) electrons. The summed E-state index contributed by atoms with van der Waals surface area (Å²) in [5.74, 6) is 1.82. The minimum Gasteiger partial charge on any atom is -0.508 e. The largest absolute Gasteiger partial charge is 0.508 e. The first-order valence-corrected chi connectivity index (χ1v) is 10.1. The van der Waals surface area contributed by atoms with E-state index in [4.69, 9.17) is 9.47 Å². The maximum atomic E-state index is 10.4. The third-order valence-electron chi connectivity index (χ3n) is 5.63. The quantitative estimate of drug-likeness (QED) is 0.435. The predicted molar refractivity (Wildman–Crippen MR) is 107 cm³/mol. The highest BCUT2D eigenvalue weighted by Gasteiger charge is 2.25. The molecule has 0 amide bonds. The molecule has 1 aromatic rings. The van der Waals surface area contributed by atoms with Crippen LogP contribution in [0, 0.1) is 5.92 Å². The summed E-state index contributed by atoms with van der Waals surface area (Å²) >= 11 is 0. The van der Waals surface area contributed by atoms with Crippen LogP contribution in [0.25, 0.3) is 0 Å². The number of hydrogen-bond donors (Lipinski definition) is 2. The Bertz CT molecular complexity index is 648. The lowest BCUT2D eigenvalue weighted by atomic mass is 9.88. The summed E-state index contributed by atoms with van der Waals surface area (Å²) in [4.78, 5) is 6.75. The van der Waals surface area contributed by atoms with Crippen LogP contribution < -0.4 is 5.32 Å². The molecule has 2 aliphatic rings. The highest BCUT2D eigenvalue weighted by Crippen LogP contribution is 2.30. The molecule has 0 spiro atoms. The molecule has 1 fully saturated rings. The molecule has 6 heteroatoms. The van der Waals surface area contributed by atoms with E-state index in [1.54, 1.807) is 7.11 Å². The summed E-state index contributed by atoms with van der Waals surface area (Å²) in [6, 6.07) is 3.92. The Hall–Kier alpha value is -1.79. The van der Waals surface area contributed by atoms with Crippen molar-refractivity contribution in [2.24, 2.45) is 10.9 Å². The summed E-state index contributed by atoms with van der Waals surface area (Å²) in [5.41, 5.74) is 3.75. The summed E-state index contributed by atoms with van der Waals surface area (Å²) in [6.07, 6.45) is 5.74. The van der Waals surface area contributed by atoms with Crippen molar-refractivity contribution < 1.29 is 14.6 Å². The van der Waals surface area contributed by atoms with E-state index in [0.29, 0.717) is 31.4 Å². The Morgan fingerprint density at radius 2 is 2.15 bits per heavy atom. The summed E-state index contributed by atoms with van der Waals surface area (Å²) in [5, 5.41) is 13.9. The van der Waals surface area contributed by atoms with Gasteiger partial charge >= 0.3 is 0 Å². The molecule has 0 aromatic heterocycles. The van der Waals surface area contributed by atoms with Gasteiger partial charge in [0.25, 0.3) is 0 Å². The van der Waals surface area contributed by atoms with Crippen molar-refractivity contribution in [2.75, 3.05) is 47.1 Å². The van der Waals surface area contributed by atoms with E-state index < -0.39 is 0 Å². The Balaban J connectivity index is 1.55. The fourth-order valence-electron chi connectivity index (χ4n) is 4.14. The van der Waals surface area contributed by atoms with Crippen LogP contribution in [0.2, 0.25) is 0 Å². The van der Waals surface area contributed by atoms with Crippen molar-refractivity contribution in [1.82, 2.24) is 10.2 Å². The zero-order valence-electron chi connectivity index (χ0n) is 16.7. The summed E-state index contributed by atoms with van der Waals surface area (Å²) in [6.45, 7) is 4.61. The van der Waals surface area contributed by atoms with Crippen LogP contribution >= 0.6 is 0 Å². The molecule has 6 nitrogen and oxygen atoms in total. The molecule has 1 saturated heterocycles. The number of rotatable bonds is 7. The molecule has 3 rings (SSSR count). The van der Waals surface area contributed by atoms with Crippen molar-refractivity contribution >= 4 is 5.96 Å². The average Bonchev–Trinajstić information content (AvgIpc) is 3.16. The van der Waals surface area contributed by atoms with Crippen molar-refractivity contribution in [3.05, 3.63) is 28.8 Å². The number of nitrogens with one attached hydrogen (secondary N) is 1. The van der Waals surface area contributed by atoms with E-state index in [-0.39, 0.29) is 0 Å². The Morgan fingerprint density at radius 1 is 1.30 bits per heavy atom. The Kier molecular flexibility index (Phi) is 7.35. The molecular weight excluding hydrogens is 342 g/mol. The van der Waals surface area contributed by atoms with E-state index in [0.717, 1.165) is 50.5 Å². The SMILES string of the molecule is CN=C(NCc1c(O)ccc2c1CCCC2)N1CCC(COCCOC)C1. The number of nitrogens with zero attached hydrogens (tertiary/aromatic N) is 2. The van der Waals surface area contributed by atoms with Crippen molar-refractivity contribution in [2.45, 2.75) is 38.6 Å². The highest BCUT2D eigenvalue weighted by atomic mass is 16.5. The molecule has 2 N–H and O–H groups in total. The van der Waals surface area contributed by atoms with Crippen molar-refractivity contribution in [3.63, 3.8) is 0 Å². The summed E-state index contributed by atoms with van der Waals surface area (Å²) < 4.78 is 10.7. The molecule has 1 atom stereocenters. The maximum Gasteiger partial charge on any atom is 0.193 e. The van der Waals surface area contributed by atoms with E-state index in [1.807, 2.05) is 13.1 Å². The third-order valence-corrected chi connectivity index (χ3v) is 5.63. The summed E-state index contributed by atoms with van der Waals surface area (Å²) in [7, 11) is 3.52. The minimum atomic E-state index is 0.393. The van der Waals surface area contributed by atoms with Crippen LogP contribution in [0.15, 0.2) is 17.1 Å². The smallest absolute Gasteiger partial charge is 0.193 e. The number of fused-ring (bicyclic) bond motifs is 1. The molecule has 1 aromatic carbocycles. The fraction of sp³-hybridized carbons (Fsp3) is 0.667. The van der Waals surface area contributed by atoms with Gasteiger partial charge in [0, 0.05) is 45.3 Å². The molecule has 1 unspecified atom stereocenters. The Morgan fingerprint density at radius 3 is 2.96 bits per heavy atom. The minimum absolute atomic E-state index is 0.393. The van der Waals surface area contributed by atoms with E-state index in [2.05, 4.69) is 21.3 Å². The van der Waals surface area contributed by atoms with Crippen LogP contribution in [0.1, 0.15) is 36.0 Å². The van der Waals surface area contributed by atoms with Gasteiger partial charge in [0.05, 0.1) is 19.8 Å². The number of aromatic hydroxyl groups is 1. The van der Waals surface area contributed by atoms with E-state index >= 15 is 0 Å². The van der Waals surface area contributed by atoms with Gasteiger partial charge in [-0.3, -0.25) is 4.99 Å². The van der Waals surface area contributed by atoms with Crippen molar-refractivity contribution in [1.29, 1.82) is 0 Å². The number of hydrogen-bond acceptors (Lipinski definition) is 4. The first-order chi connectivity index (χ1) is 13.2. The van der Waals surface area contributed by atoms with Gasteiger partial charge in [-0.1, -0.05) is 6.07 Å². The van der Waals surface area contributed by atoms with Crippen molar-refractivity contribution in [3.8, 4) is 5.75 Å². The number of aliphatic imine (C=N–C) groups is 1. The second-order valence-corrected chi connectivity index (χ2v) is 7.48. The number of phenolic OH excluding ortho intramolecular Hbond substituents is 1. The fourth-order valence-corrected chi connectivity index (χ4v) is 4.14. The number of phenols is 1. The molecule has 1 aliphatic carbocycles. The first kappa shape index (κ1) is 20.0. The van der Waals surface area contributed by atoms with Gasteiger partial charge in [0.15, 0.2) is 5.96 Å². The number of benzene rings is 1. The first-order valence-electron chi connectivity index (χ1n) is 10.1. The third kappa shape index (κ3) is 5.14. The monoisotopic (exact) mass is 375 g/mol. The van der Waals surface area contributed by atoms with E-state index in [9.17, 15) is 5.11 Å². The molecular formula is C21H33N3O3. The van der Waals surface area contributed by atoms with Crippen LogP contribution in [0.4, 0.5) is 0 Å². The number of ether oxygens (including phenoxy) is 2. The Labute approximate surface area is 162 Å². The van der Waals surface area contributed by atoms with Gasteiger partial charge in [0.2, 0.25) is 0 Å². The second kappa shape index (κ2) is 9.95. The number of guanidine groups is 1. The van der Waals surface area contributed by atoms with Gasteiger partial charge < -0.3 is 24.8 Å². The van der Waals surface area contributed by atoms with Gasteiger partial charge in [-0.25, -0.2) is 0 Å². The van der Waals surface area contributed by atoms with Crippen LogP contribution in [-0.4, -0.2) is 63.0 Å². The number of methoxy groups -OCH3 is 1. The number of likely N-dealkylation sites (tertiary alicyclic amines) is 1. The molecule has 1 heterocycles. The van der Waals surface area contributed by atoms with Gasteiger partial charge in [-0.05, 0) is 49.3 Å². The molecule has 1 aliphatic heterocycles. The lowest BCUT2D eigenvalue weighted by Gasteiger charge is -2.24. The van der Waals surface area contributed by atoms with Crippen LogP contribution in [0.3, 0.4) is 0 Å². The second-order valence-electron chi connectivity index (χ2n) is 7.48. The molecule has 0 bridgehead atoms. The van der Waals surface area contributed by atoms with Gasteiger partial charge in [-0.15, -0.1) is 0 Å². The lowest BCUT2D eigenvalue weighted by Crippen LogP contribution is -2.40. The van der Waals surface area contributed by atoms with Crippen LogP contribution in [0.5, 0.6) is 5.75 Å².